The topological polar surface area (TPSA) is 104 Å². The highest BCUT2D eigenvalue weighted by Crippen LogP contribution is 2.27. The molecule has 0 aliphatic rings. The zero-order valence-electron chi connectivity index (χ0n) is 12.0. The number of carbonyl (C=O) groups is 2. The van der Waals surface area contributed by atoms with Crippen molar-refractivity contribution in [2.45, 2.75) is 19.1 Å². The van der Waals surface area contributed by atoms with Crippen LogP contribution in [0.2, 0.25) is 0 Å². The van der Waals surface area contributed by atoms with Crippen LogP contribution in [0.15, 0.2) is 24.3 Å². The van der Waals surface area contributed by atoms with Crippen LogP contribution in [0.4, 0.5) is 18.9 Å². The van der Waals surface area contributed by atoms with Gasteiger partial charge in [-0.15, -0.1) is 0 Å². The molecule has 0 saturated carbocycles. The average molecular weight is 322 g/mol. The molecule has 0 spiro atoms. The van der Waals surface area contributed by atoms with Crippen molar-refractivity contribution in [3.63, 3.8) is 0 Å². The fraction of sp³-hybridized carbons (Fsp3) is 0.385. The molecule has 1 aromatic rings. The first-order chi connectivity index (χ1) is 10.0. The number of nitrogens with two attached hydrogens (primary N) is 1. The number of benzene rings is 1. The first-order valence-electron chi connectivity index (χ1n) is 6.03. The fourth-order valence-corrected chi connectivity index (χ4v) is 1.47. The van der Waals surface area contributed by atoms with E-state index in [9.17, 15) is 13.2 Å². The molecule has 124 valence electrons. The minimum Gasteiger partial charge on any atom is -0.473 e. The highest BCUT2D eigenvalue weighted by Gasteiger charge is 2.41. The number of aliphatic carboxylic acids is 2. The number of carboxylic acids is 2. The monoisotopic (exact) mass is 322 g/mol. The van der Waals surface area contributed by atoms with E-state index in [-0.39, 0.29) is 0 Å². The van der Waals surface area contributed by atoms with Gasteiger partial charge in [0, 0.05) is 19.3 Å². The second-order valence-electron chi connectivity index (χ2n) is 4.35. The van der Waals surface area contributed by atoms with Gasteiger partial charge in [0.2, 0.25) is 0 Å². The molecule has 1 unspecified atom stereocenters. The van der Waals surface area contributed by atoms with Crippen LogP contribution in [-0.2, 0) is 9.59 Å². The minimum atomic E-state index is -4.31. The summed E-state index contributed by atoms with van der Waals surface area (Å²) in [7, 11) is 1.40. The van der Waals surface area contributed by atoms with E-state index in [0.29, 0.717) is 5.69 Å². The van der Waals surface area contributed by atoms with Gasteiger partial charge in [0.25, 0.3) is 0 Å². The molecule has 0 radical (unpaired) electrons. The van der Waals surface area contributed by atoms with E-state index in [1.165, 1.54) is 7.05 Å². The third kappa shape index (κ3) is 6.44. The van der Waals surface area contributed by atoms with Gasteiger partial charge in [0.15, 0.2) is 0 Å². The largest absolute Gasteiger partial charge is 0.473 e. The highest BCUT2D eigenvalue weighted by atomic mass is 19.4. The summed E-state index contributed by atoms with van der Waals surface area (Å²) in [6.07, 6.45) is -4.31. The lowest BCUT2D eigenvalue weighted by Crippen LogP contribution is -2.48. The number of likely N-dealkylation sites (N-methyl/N-ethyl adjacent to an activating group) is 1. The average Bonchev–Trinajstić information content (AvgIpc) is 2.39. The van der Waals surface area contributed by atoms with Crippen molar-refractivity contribution in [2.75, 3.05) is 18.5 Å². The van der Waals surface area contributed by atoms with Gasteiger partial charge in [-0.3, -0.25) is 0 Å². The second kappa shape index (κ2) is 8.23. The summed E-state index contributed by atoms with van der Waals surface area (Å²) in [4.78, 5) is 19.4. The summed E-state index contributed by atoms with van der Waals surface area (Å²) >= 11 is 0. The minimum absolute atomic E-state index is 0.451. The molecular weight excluding hydrogens is 305 g/mol. The normalized spacial score (nSPS) is 11.9. The number of hydrogen-bond donors (Lipinski definition) is 3. The Bertz CT molecular complexity index is 491. The molecule has 9 heteroatoms. The molecule has 4 N–H and O–H groups in total. The van der Waals surface area contributed by atoms with E-state index in [2.05, 4.69) is 0 Å². The Morgan fingerprint density at radius 3 is 1.86 bits per heavy atom. The van der Waals surface area contributed by atoms with Crippen molar-refractivity contribution in [3.05, 3.63) is 29.8 Å². The van der Waals surface area contributed by atoms with E-state index < -0.39 is 30.7 Å². The van der Waals surface area contributed by atoms with Crippen molar-refractivity contribution in [3.8, 4) is 0 Å². The Morgan fingerprint density at radius 1 is 1.18 bits per heavy atom. The highest BCUT2D eigenvalue weighted by molar-refractivity contribution is 6.27. The Kier molecular flexibility index (Phi) is 7.37. The molecule has 0 amide bonds. The molecule has 22 heavy (non-hydrogen) atoms. The summed E-state index contributed by atoms with van der Waals surface area (Å²) in [5, 5.41) is 14.8. The van der Waals surface area contributed by atoms with Gasteiger partial charge in [-0.05, 0) is 19.1 Å². The van der Waals surface area contributed by atoms with Crippen molar-refractivity contribution < 1.29 is 33.0 Å². The molecule has 0 fully saturated rings. The standard InChI is InChI=1S/C11H15F3N2.C2H2O4/c1-8-3-5-9(6-4-8)16(2)10(7-15)11(12,13)14;3-1(4)2(5)6/h3-6,10H,7,15H2,1-2H3;(H,3,4)(H,5,6). The molecule has 0 saturated heterocycles. The Labute approximate surface area is 124 Å². The van der Waals surface area contributed by atoms with Gasteiger partial charge in [-0.25, -0.2) is 9.59 Å². The van der Waals surface area contributed by atoms with Crippen LogP contribution in [0.25, 0.3) is 0 Å². The smallest absolute Gasteiger partial charge is 0.414 e. The van der Waals surface area contributed by atoms with Crippen LogP contribution in [0.3, 0.4) is 0 Å². The summed E-state index contributed by atoms with van der Waals surface area (Å²) in [5.74, 6) is -3.65. The van der Waals surface area contributed by atoms with Gasteiger partial charge < -0.3 is 20.8 Å². The maximum Gasteiger partial charge on any atom is 0.414 e. The number of hydrogen-bond acceptors (Lipinski definition) is 4. The fourth-order valence-electron chi connectivity index (χ4n) is 1.47. The van der Waals surface area contributed by atoms with E-state index in [1.807, 2.05) is 6.92 Å². The first kappa shape index (κ1) is 19.7. The predicted octanol–water partition coefficient (Wildman–Crippen LogP) is 1.48. The Morgan fingerprint density at radius 2 is 1.59 bits per heavy atom. The summed E-state index contributed by atoms with van der Waals surface area (Å²) in [5.41, 5.74) is 6.69. The van der Waals surface area contributed by atoms with Gasteiger partial charge in [0.1, 0.15) is 6.04 Å². The number of anilines is 1. The van der Waals surface area contributed by atoms with E-state index >= 15 is 0 Å². The third-order valence-electron chi connectivity index (χ3n) is 2.69. The number of nitrogens with zero attached hydrogens (tertiary/aromatic N) is 1. The Balaban J connectivity index is 0.000000626. The summed E-state index contributed by atoms with van der Waals surface area (Å²) in [6, 6.07) is 5.22. The van der Waals surface area contributed by atoms with Crippen LogP contribution in [0.1, 0.15) is 5.56 Å². The van der Waals surface area contributed by atoms with E-state index in [0.717, 1.165) is 10.5 Å². The first-order valence-corrected chi connectivity index (χ1v) is 6.03. The molecule has 1 rings (SSSR count). The Hall–Kier alpha value is -2.29. The lowest BCUT2D eigenvalue weighted by Gasteiger charge is -2.30. The summed E-state index contributed by atoms with van der Waals surface area (Å²) < 4.78 is 37.8. The lowest BCUT2D eigenvalue weighted by molar-refractivity contribution is -0.159. The number of carboxylic acid groups (broad SMARTS) is 2. The maximum atomic E-state index is 12.6. The van der Waals surface area contributed by atoms with Crippen LogP contribution < -0.4 is 10.6 Å². The molecule has 0 aliphatic heterocycles. The van der Waals surface area contributed by atoms with Crippen molar-refractivity contribution in [1.29, 1.82) is 0 Å². The van der Waals surface area contributed by atoms with Crippen LogP contribution in [0, 0.1) is 6.92 Å². The number of alkyl halides is 3. The molecule has 1 atom stereocenters. The number of halogens is 3. The molecule has 6 nitrogen and oxygen atoms in total. The molecule has 0 aromatic heterocycles. The van der Waals surface area contributed by atoms with Crippen LogP contribution >= 0.6 is 0 Å². The van der Waals surface area contributed by atoms with Crippen molar-refractivity contribution in [1.82, 2.24) is 0 Å². The molecule has 0 bridgehead atoms. The number of aryl methyl sites for hydroxylation is 1. The zero-order chi connectivity index (χ0) is 17.5. The molecule has 1 aromatic carbocycles. The molecule has 0 heterocycles. The van der Waals surface area contributed by atoms with Crippen LogP contribution in [-0.4, -0.2) is 48.0 Å². The van der Waals surface area contributed by atoms with Crippen molar-refractivity contribution >= 4 is 17.6 Å². The second-order valence-corrected chi connectivity index (χ2v) is 4.35. The van der Waals surface area contributed by atoms with Crippen LogP contribution in [0.5, 0.6) is 0 Å². The predicted molar refractivity (Wildman–Crippen MR) is 73.8 cm³/mol. The van der Waals surface area contributed by atoms with Crippen molar-refractivity contribution in [2.24, 2.45) is 5.73 Å². The van der Waals surface area contributed by atoms with E-state index in [4.69, 9.17) is 25.5 Å². The van der Waals surface area contributed by atoms with Gasteiger partial charge in [-0.1, -0.05) is 17.7 Å². The lowest BCUT2D eigenvalue weighted by atomic mass is 10.2. The SMILES string of the molecule is Cc1ccc(N(C)C(CN)C(F)(F)F)cc1.O=C(O)C(=O)O. The van der Waals surface area contributed by atoms with Gasteiger partial charge >= 0.3 is 18.1 Å². The number of rotatable bonds is 3. The summed E-state index contributed by atoms with van der Waals surface area (Å²) in [6.45, 7) is 1.43. The maximum absolute atomic E-state index is 12.6. The zero-order valence-corrected chi connectivity index (χ0v) is 12.0. The molecule has 0 aliphatic carbocycles. The quantitative estimate of drug-likeness (QED) is 0.728. The third-order valence-corrected chi connectivity index (χ3v) is 2.69. The van der Waals surface area contributed by atoms with Gasteiger partial charge in [0.05, 0.1) is 0 Å². The van der Waals surface area contributed by atoms with Gasteiger partial charge in [-0.2, -0.15) is 13.2 Å². The van der Waals surface area contributed by atoms with E-state index in [1.54, 1.807) is 24.3 Å². The molecular formula is C13H17F3N2O4.